The van der Waals surface area contributed by atoms with Gasteiger partial charge in [-0.1, -0.05) is 39.7 Å². The van der Waals surface area contributed by atoms with Gasteiger partial charge in [0.1, 0.15) is 6.10 Å². The molecule has 0 radical (unpaired) electrons. The summed E-state index contributed by atoms with van der Waals surface area (Å²) < 4.78 is 2.63. The number of aliphatic hydroxyl groups excluding tert-OH is 1. The van der Waals surface area contributed by atoms with Crippen molar-refractivity contribution in [2.24, 2.45) is 0 Å². The number of halogens is 2. The number of aromatic nitrogens is 2. The molecule has 0 fully saturated rings. The van der Waals surface area contributed by atoms with Crippen molar-refractivity contribution in [3.8, 4) is 0 Å². The molecule has 21 heavy (non-hydrogen) atoms. The lowest BCUT2D eigenvalue weighted by Gasteiger charge is -2.17. The predicted molar refractivity (Wildman–Crippen MR) is 88.7 cm³/mol. The first-order chi connectivity index (χ1) is 9.90. The molecule has 0 saturated heterocycles. The van der Waals surface area contributed by atoms with Gasteiger partial charge >= 0.3 is 0 Å². The van der Waals surface area contributed by atoms with Crippen molar-refractivity contribution >= 4 is 27.5 Å². The highest BCUT2D eigenvalue weighted by molar-refractivity contribution is 9.10. The van der Waals surface area contributed by atoms with Crippen molar-refractivity contribution in [3.63, 3.8) is 0 Å². The molecule has 0 aliphatic carbocycles. The third-order valence-electron chi connectivity index (χ3n) is 3.30. The zero-order chi connectivity index (χ0) is 15.6. The van der Waals surface area contributed by atoms with Crippen molar-refractivity contribution in [3.05, 3.63) is 50.7 Å². The predicted octanol–water partition coefficient (Wildman–Crippen LogP) is 3.25. The maximum atomic E-state index is 10.7. The summed E-state index contributed by atoms with van der Waals surface area (Å²) in [6.07, 6.45) is 0.773. The number of hydrogen-bond acceptors (Lipinski definition) is 3. The van der Waals surface area contributed by atoms with Gasteiger partial charge in [0.25, 0.3) is 0 Å². The largest absolute Gasteiger partial charge is 0.382 e. The molecule has 114 valence electrons. The van der Waals surface area contributed by atoms with Crippen molar-refractivity contribution in [1.82, 2.24) is 14.7 Å². The normalized spacial score (nSPS) is 12.9. The van der Waals surface area contributed by atoms with E-state index in [-0.39, 0.29) is 0 Å². The second-order valence-corrected chi connectivity index (χ2v) is 6.59. The molecule has 0 bridgehead atoms. The average Bonchev–Trinajstić information content (AvgIpc) is 2.77. The van der Waals surface area contributed by atoms with Gasteiger partial charge in [-0.15, -0.1) is 0 Å². The van der Waals surface area contributed by atoms with Gasteiger partial charge in [0.05, 0.1) is 23.5 Å². The summed E-state index contributed by atoms with van der Waals surface area (Å²) in [5.41, 5.74) is 2.54. The van der Waals surface area contributed by atoms with Gasteiger partial charge in [-0.05, 0) is 32.6 Å². The minimum atomic E-state index is -0.808. The third kappa shape index (κ3) is 3.86. The fourth-order valence-corrected chi connectivity index (χ4v) is 3.07. The fourth-order valence-electron chi connectivity index (χ4n) is 2.12. The number of aryl methyl sites for hydroxylation is 1. The van der Waals surface area contributed by atoms with E-state index in [9.17, 15) is 5.11 Å². The molecule has 1 unspecified atom stereocenters. The zero-order valence-electron chi connectivity index (χ0n) is 12.3. The second kappa shape index (κ2) is 6.92. The minimum Gasteiger partial charge on any atom is -0.382 e. The van der Waals surface area contributed by atoms with Crippen LogP contribution in [0, 0.1) is 6.92 Å². The Hall–Kier alpha value is -0.880. The Morgan fingerprint density at radius 1 is 1.43 bits per heavy atom. The Morgan fingerprint density at radius 3 is 2.76 bits per heavy atom. The van der Waals surface area contributed by atoms with Crippen LogP contribution in [0.1, 0.15) is 22.9 Å². The van der Waals surface area contributed by atoms with Crippen LogP contribution in [0.15, 0.2) is 28.9 Å². The monoisotopic (exact) mass is 371 g/mol. The fraction of sp³-hybridized carbons (Fsp3) is 0.400. The summed E-state index contributed by atoms with van der Waals surface area (Å²) in [6, 6.07) is 5.86. The van der Waals surface area contributed by atoms with Crippen LogP contribution in [-0.2, 0) is 6.54 Å². The molecule has 1 aromatic heterocycles. The van der Waals surface area contributed by atoms with Gasteiger partial charge in [-0.3, -0.25) is 4.68 Å². The molecule has 1 aromatic carbocycles. The van der Waals surface area contributed by atoms with Gasteiger partial charge in [0.15, 0.2) is 0 Å². The van der Waals surface area contributed by atoms with E-state index in [4.69, 9.17) is 11.6 Å². The highest BCUT2D eigenvalue weighted by atomic mass is 79.9. The first-order valence-corrected chi connectivity index (χ1v) is 7.87. The van der Waals surface area contributed by atoms with Crippen LogP contribution < -0.4 is 0 Å². The van der Waals surface area contributed by atoms with Crippen LogP contribution in [0.5, 0.6) is 0 Å². The molecular formula is C15H19BrClN3O. The number of nitrogens with zero attached hydrogens (tertiary/aromatic N) is 3. The Bertz CT molecular complexity index is 627. The first-order valence-electron chi connectivity index (χ1n) is 6.70. The molecule has 1 N–H and O–H groups in total. The van der Waals surface area contributed by atoms with Gasteiger partial charge in [0, 0.05) is 16.6 Å². The molecule has 6 heteroatoms. The molecule has 0 amide bonds. The molecule has 2 rings (SSSR count). The lowest BCUT2D eigenvalue weighted by molar-refractivity contribution is 0.205. The van der Waals surface area contributed by atoms with Crippen LogP contribution in [-0.4, -0.2) is 40.4 Å². The summed E-state index contributed by atoms with van der Waals surface area (Å²) >= 11 is 9.72. The third-order valence-corrected chi connectivity index (χ3v) is 4.28. The highest BCUT2D eigenvalue weighted by Crippen LogP contribution is 2.32. The Morgan fingerprint density at radius 2 is 2.14 bits per heavy atom. The molecular weight excluding hydrogens is 354 g/mol. The topological polar surface area (TPSA) is 41.3 Å². The van der Waals surface area contributed by atoms with Crippen LogP contribution in [0.3, 0.4) is 0 Å². The second-order valence-electron chi connectivity index (χ2n) is 5.33. The Balaban J connectivity index is 2.34. The molecule has 0 aliphatic rings. The van der Waals surface area contributed by atoms with Gasteiger partial charge in [-0.25, -0.2) is 0 Å². The van der Waals surface area contributed by atoms with E-state index in [1.807, 2.05) is 39.2 Å². The number of hydrogen-bond donors (Lipinski definition) is 1. The summed E-state index contributed by atoms with van der Waals surface area (Å²) in [5.74, 6) is 0. The van der Waals surface area contributed by atoms with Crippen LogP contribution >= 0.6 is 27.5 Å². The SMILES string of the molecule is Cc1ccc(C(O)c2c(Cl)cnn2CCN(C)C)c(Br)c1. The van der Waals surface area contributed by atoms with Crippen molar-refractivity contribution in [2.45, 2.75) is 19.6 Å². The van der Waals surface area contributed by atoms with Gasteiger partial charge < -0.3 is 10.0 Å². The maximum Gasteiger partial charge on any atom is 0.123 e. The Labute approximate surface area is 138 Å². The lowest BCUT2D eigenvalue weighted by Crippen LogP contribution is -2.21. The van der Waals surface area contributed by atoms with Crippen molar-refractivity contribution in [1.29, 1.82) is 0 Å². The number of rotatable bonds is 5. The molecule has 0 saturated carbocycles. The van der Waals surface area contributed by atoms with Gasteiger partial charge in [-0.2, -0.15) is 5.10 Å². The summed E-state index contributed by atoms with van der Waals surface area (Å²) in [7, 11) is 4.00. The zero-order valence-corrected chi connectivity index (χ0v) is 14.7. The highest BCUT2D eigenvalue weighted by Gasteiger charge is 2.21. The standard InChI is InChI=1S/C15H19BrClN3O/c1-10-4-5-11(12(16)8-10)15(21)14-13(17)9-18-20(14)7-6-19(2)3/h4-5,8-9,15,21H,6-7H2,1-3H3. The Kier molecular flexibility index (Phi) is 5.43. The molecule has 0 spiro atoms. The molecule has 1 heterocycles. The van der Waals surface area contributed by atoms with E-state index in [1.165, 1.54) is 0 Å². The van der Waals surface area contributed by atoms with E-state index >= 15 is 0 Å². The summed E-state index contributed by atoms with van der Waals surface area (Å²) in [6.45, 7) is 3.51. The number of aliphatic hydroxyl groups is 1. The lowest BCUT2D eigenvalue weighted by atomic mass is 10.0. The molecule has 4 nitrogen and oxygen atoms in total. The summed E-state index contributed by atoms with van der Waals surface area (Å²) in [5, 5.41) is 15.4. The van der Waals surface area contributed by atoms with Crippen molar-refractivity contribution < 1.29 is 5.11 Å². The minimum absolute atomic E-state index is 0.480. The molecule has 1 atom stereocenters. The van der Waals surface area contributed by atoms with E-state index in [0.717, 1.165) is 22.1 Å². The number of benzene rings is 1. The molecule has 2 aromatic rings. The average molecular weight is 373 g/mol. The summed E-state index contributed by atoms with van der Waals surface area (Å²) in [4.78, 5) is 2.06. The van der Waals surface area contributed by atoms with E-state index < -0.39 is 6.10 Å². The van der Waals surface area contributed by atoms with E-state index in [1.54, 1.807) is 10.9 Å². The first kappa shape index (κ1) is 16.5. The van der Waals surface area contributed by atoms with E-state index in [0.29, 0.717) is 17.3 Å². The smallest absolute Gasteiger partial charge is 0.123 e. The molecule has 0 aliphatic heterocycles. The quantitative estimate of drug-likeness (QED) is 0.876. The van der Waals surface area contributed by atoms with E-state index in [2.05, 4.69) is 25.9 Å². The van der Waals surface area contributed by atoms with Crippen LogP contribution in [0.4, 0.5) is 0 Å². The maximum absolute atomic E-state index is 10.7. The van der Waals surface area contributed by atoms with Crippen LogP contribution in [0.2, 0.25) is 5.02 Å². The van der Waals surface area contributed by atoms with Gasteiger partial charge in [0.2, 0.25) is 0 Å². The number of likely N-dealkylation sites (N-methyl/N-ethyl adjacent to an activating group) is 1. The van der Waals surface area contributed by atoms with Crippen molar-refractivity contribution in [2.75, 3.05) is 20.6 Å². The van der Waals surface area contributed by atoms with Crippen LogP contribution in [0.25, 0.3) is 0 Å².